The zero-order chi connectivity index (χ0) is 12.4. The van der Waals surface area contributed by atoms with Crippen LogP contribution in [0.5, 0.6) is 0 Å². The summed E-state index contributed by atoms with van der Waals surface area (Å²) in [6, 6.07) is 0. The lowest BCUT2D eigenvalue weighted by Gasteiger charge is -2.01. The zero-order valence-electron chi connectivity index (χ0n) is 10.6. The van der Waals surface area contributed by atoms with Crippen molar-refractivity contribution >= 4 is 6.47 Å². The molecule has 2 heteroatoms. The fourth-order valence-corrected chi connectivity index (χ4v) is 1.30. The van der Waals surface area contributed by atoms with Crippen LogP contribution in [0, 0.1) is 0 Å². The van der Waals surface area contributed by atoms with Gasteiger partial charge in [0.05, 0.1) is 0 Å². The molecule has 0 amide bonds. The molecule has 0 radical (unpaired) electrons. The topological polar surface area (TPSA) is 26.3 Å². The van der Waals surface area contributed by atoms with E-state index in [0.29, 0.717) is 18.7 Å². The summed E-state index contributed by atoms with van der Waals surface area (Å²) in [4.78, 5) is 10.0. The summed E-state index contributed by atoms with van der Waals surface area (Å²) in [5.74, 6) is 0.531. The van der Waals surface area contributed by atoms with Gasteiger partial charge in [-0.2, -0.15) is 0 Å². The molecule has 0 aromatic carbocycles. The largest absolute Gasteiger partial charge is 0.434 e. The van der Waals surface area contributed by atoms with Crippen molar-refractivity contribution in [1.29, 1.82) is 0 Å². The van der Waals surface area contributed by atoms with Gasteiger partial charge in [-0.3, -0.25) is 4.79 Å². The van der Waals surface area contributed by atoms with Gasteiger partial charge in [0, 0.05) is 6.42 Å². The van der Waals surface area contributed by atoms with Gasteiger partial charge < -0.3 is 4.74 Å². The Kier molecular flexibility index (Phi) is 8.22. The molecule has 2 nitrogen and oxygen atoms in total. The molecule has 0 spiro atoms. The van der Waals surface area contributed by atoms with E-state index in [2.05, 4.69) is 44.2 Å². The van der Waals surface area contributed by atoms with E-state index in [1.807, 2.05) is 0 Å². The molecule has 0 aliphatic carbocycles. The zero-order valence-corrected chi connectivity index (χ0v) is 10.6. The molecule has 0 aromatic heterocycles. The monoisotopic (exact) mass is 222 g/mol. The first-order chi connectivity index (χ1) is 7.56. The van der Waals surface area contributed by atoms with Crippen LogP contribution in [0.25, 0.3) is 0 Å². The van der Waals surface area contributed by atoms with Gasteiger partial charge in [0.2, 0.25) is 0 Å². The molecule has 0 saturated carbocycles. The van der Waals surface area contributed by atoms with Crippen molar-refractivity contribution < 1.29 is 9.53 Å². The third kappa shape index (κ3) is 9.25. The molecule has 0 rings (SSSR count). The van der Waals surface area contributed by atoms with Gasteiger partial charge in [0.15, 0.2) is 0 Å². The lowest BCUT2D eigenvalue weighted by molar-refractivity contribution is -0.125. The van der Waals surface area contributed by atoms with Gasteiger partial charge in [0.25, 0.3) is 6.47 Å². The van der Waals surface area contributed by atoms with Crippen molar-refractivity contribution in [3.63, 3.8) is 0 Å². The predicted octanol–water partition coefficient (Wildman–Crippen LogP) is 4.15. The smallest absolute Gasteiger partial charge is 0.298 e. The molecule has 0 heterocycles. The molecule has 0 atom stereocenters. The van der Waals surface area contributed by atoms with Crippen molar-refractivity contribution in [3.05, 3.63) is 35.6 Å². The average molecular weight is 222 g/mol. The maximum atomic E-state index is 10.0. The van der Waals surface area contributed by atoms with Crippen molar-refractivity contribution in [1.82, 2.24) is 0 Å². The van der Waals surface area contributed by atoms with Crippen LogP contribution in [0.15, 0.2) is 35.6 Å². The Balaban J connectivity index is 3.74. The number of hydrogen-bond donors (Lipinski definition) is 0. The Morgan fingerprint density at radius 3 is 2.31 bits per heavy atom. The molecular formula is C14H22O2. The number of carbonyl (C=O) groups is 1. The Morgan fingerprint density at radius 2 is 1.75 bits per heavy atom. The van der Waals surface area contributed by atoms with Crippen molar-refractivity contribution in [2.75, 3.05) is 0 Å². The van der Waals surface area contributed by atoms with Gasteiger partial charge >= 0.3 is 0 Å². The predicted molar refractivity (Wildman–Crippen MR) is 67.9 cm³/mol. The van der Waals surface area contributed by atoms with Crippen LogP contribution >= 0.6 is 0 Å². The van der Waals surface area contributed by atoms with Gasteiger partial charge in [0.1, 0.15) is 5.76 Å². The number of hydrogen-bond acceptors (Lipinski definition) is 2. The standard InChI is InChI=1S/C14H22O2/c1-12(2)7-5-8-13(3)9-6-10-14(4)16-11-15/h7,9,11H,4-6,8,10H2,1-3H3/b13-9+. The second kappa shape index (κ2) is 8.96. The first kappa shape index (κ1) is 14.7. The molecule has 0 N–H and O–H groups in total. The van der Waals surface area contributed by atoms with E-state index in [-0.39, 0.29) is 0 Å². The lowest BCUT2D eigenvalue weighted by Crippen LogP contribution is -1.87. The highest BCUT2D eigenvalue weighted by Gasteiger charge is 1.93. The van der Waals surface area contributed by atoms with E-state index in [4.69, 9.17) is 0 Å². The molecule has 16 heavy (non-hydrogen) atoms. The van der Waals surface area contributed by atoms with Crippen molar-refractivity contribution in [2.24, 2.45) is 0 Å². The highest BCUT2D eigenvalue weighted by atomic mass is 16.5. The fourth-order valence-electron chi connectivity index (χ4n) is 1.30. The minimum Gasteiger partial charge on any atom is -0.434 e. The molecule has 0 unspecified atom stereocenters. The number of carbonyl (C=O) groups excluding carboxylic acids is 1. The Morgan fingerprint density at radius 1 is 1.12 bits per heavy atom. The number of ether oxygens (including phenoxy) is 1. The van der Waals surface area contributed by atoms with Crippen LogP contribution in [0.2, 0.25) is 0 Å². The molecule has 0 saturated heterocycles. The number of allylic oxidation sites excluding steroid dienone is 5. The Labute approximate surface area is 98.7 Å². The summed E-state index contributed by atoms with van der Waals surface area (Å²) < 4.78 is 4.62. The van der Waals surface area contributed by atoms with Crippen LogP contribution in [0.1, 0.15) is 46.5 Å². The van der Waals surface area contributed by atoms with Gasteiger partial charge in [-0.15, -0.1) is 0 Å². The van der Waals surface area contributed by atoms with E-state index in [9.17, 15) is 4.79 Å². The Hall–Kier alpha value is -1.31. The summed E-state index contributed by atoms with van der Waals surface area (Å²) in [6.45, 7) is 10.4. The van der Waals surface area contributed by atoms with Crippen LogP contribution in [0.4, 0.5) is 0 Å². The first-order valence-electron chi connectivity index (χ1n) is 5.63. The molecule has 0 bridgehead atoms. The van der Waals surface area contributed by atoms with Gasteiger partial charge in [-0.05, 0) is 40.0 Å². The fraction of sp³-hybridized carbons (Fsp3) is 0.500. The Bertz CT molecular complexity index is 281. The molecule has 0 fully saturated rings. The quantitative estimate of drug-likeness (QED) is 0.350. The molecular weight excluding hydrogens is 200 g/mol. The summed E-state index contributed by atoms with van der Waals surface area (Å²) in [5.41, 5.74) is 2.73. The summed E-state index contributed by atoms with van der Waals surface area (Å²) in [6.07, 6.45) is 8.19. The van der Waals surface area contributed by atoms with Crippen LogP contribution in [-0.2, 0) is 9.53 Å². The third-order valence-electron chi connectivity index (χ3n) is 2.22. The van der Waals surface area contributed by atoms with E-state index in [1.54, 1.807) is 0 Å². The van der Waals surface area contributed by atoms with Gasteiger partial charge in [-0.1, -0.05) is 29.9 Å². The molecule has 90 valence electrons. The van der Waals surface area contributed by atoms with Crippen LogP contribution in [0.3, 0.4) is 0 Å². The van der Waals surface area contributed by atoms with Crippen molar-refractivity contribution in [3.8, 4) is 0 Å². The van der Waals surface area contributed by atoms with Gasteiger partial charge in [-0.25, -0.2) is 0 Å². The second-order valence-electron chi connectivity index (χ2n) is 4.16. The molecule has 0 aromatic rings. The second-order valence-corrected chi connectivity index (χ2v) is 4.16. The first-order valence-corrected chi connectivity index (χ1v) is 5.63. The van der Waals surface area contributed by atoms with E-state index in [1.165, 1.54) is 11.1 Å². The molecule has 0 aliphatic rings. The van der Waals surface area contributed by atoms with E-state index >= 15 is 0 Å². The minimum absolute atomic E-state index is 0.424. The van der Waals surface area contributed by atoms with E-state index < -0.39 is 0 Å². The molecule has 0 aliphatic heterocycles. The van der Waals surface area contributed by atoms with Crippen molar-refractivity contribution in [2.45, 2.75) is 46.5 Å². The lowest BCUT2D eigenvalue weighted by atomic mass is 10.1. The average Bonchev–Trinajstić information content (AvgIpc) is 2.17. The normalized spacial score (nSPS) is 10.8. The summed E-state index contributed by atoms with van der Waals surface area (Å²) in [5, 5.41) is 0. The summed E-state index contributed by atoms with van der Waals surface area (Å²) in [7, 11) is 0. The summed E-state index contributed by atoms with van der Waals surface area (Å²) >= 11 is 0. The maximum absolute atomic E-state index is 10.0. The highest BCUT2D eigenvalue weighted by molar-refractivity contribution is 5.39. The maximum Gasteiger partial charge on any atom is 0.298 e. The minimum atomic E-state index is 0.424. The highest BCUT2D eigenvalue weighted by Crippen LogP contribution is 2.10. The van der Waals surface area contributed by atoms with Crippen LogP contribution < -0.4 is 0 Å². The van der Waals surface area contributed by atoms with E-state index in [0.717, 1.165) is 19.3 Å². The van der Waals surface area contributed by atoms with Crippen LogP contribution in [-0.4, -0.2) is 6.47 Å². The third-order valence-corrected chi connectivity index (χ3v) is 2.22. The SMILES string of the molecule is C=C(CC/C=C(\C)CCC=C(C)C)OC=O. The number of rotatable bonds is 8.